The van der Waals surface area contributed by atoms with E-state index < -0.39 is 0 Å². The molecule has 0 spiro atoms. The second-order valence-electron chi connectivity index (χ2n) is 5.09. The summed E-state index contributed by atoms with van der Waals surface area (Å²) in [5.41, 5.74) is 6.67. The Balaban J connectivity index is 2.13. The van der Waals surface area contributed by atoms with E-state index in [1.807, 2.05) is 6.07 Å². The van der Waals surface area contributed by atoms with E-state index in [0.717, 1.165) is 11.4 Å². The predicted molar refractivity (Wildman–Crippen MR) is 77.0 cm³/mol. The Hall–Kier alpha value is -0.800. The van der Waals surface area contributed by atoms with E-state index in [2.05, 4.69) is 16.9 Å². The van der Waals surface area contributed by atoms with Crippen LogP contribution in [0.1, 0.15) is 44.1 Å². The lowest BCUT2D eigenvalue weighted by Gasteiger charge is -2.28. The molecule has 1 aliphatic rings. The molecule has 1 saturated carbocycles. The molecule has 4 heteroatoms. The Morgan fingerprint density at radius 3 is 2.61 bits per heavy atom. The maximum Gasteiger partial charge on any atom is 0.128 e. The van der Waals surface area contributed by atoms with Gasteiger partial charge in [0.15, 0.2) is 0 Å². The summed E-state index contributed by atoms with van der Waals surface area (Å²) in [5.74, 6) is 0.992. The third-order valence-electron chi connectivity index (χ3n) is 3.87. The van der Waals surface area contributed by atoms with Crippen molar-refractivity contribution in [3.05, 3.63) is 22.8 Å². The van der Waals surface area contributed by atoms with Gasteiger partial charge in [0.1, 0.15) is 5.82 Å². The maximum atomic E-state index is 6.05. The fourth-order valence-corrected chi connectivity index (χ4v) is 2.83. The summed E-state index contributed by atoms with van der Waals surface area (Å²) in [6.07, 6.45) is 9.63. The van der Waals surface area contributed by atoms with Gasteiger partial charge in [-0.05, 0) is 24.5 Å². The maximum absolute atomic E-state index is 6.05. The van der Waals surface area contributed by atoms with Crippen LogP contribution in [-0.2, 0) is 6.54 Å². The van der Waals surface area contributed by atoms with Gasteiger partial charge >= 0.3 is 0 Å². The van der Waals surface area contributed by atoms with Gasteiger partial charge in [0.25, 0.3) is 0 Å². The van der Waals surface area contributed by atoms with Crippen molar-refractivity contribution in [3.8, 4) is 0 Å². The minimum absolute atomic E-state index is 0.465. The Bertz CT molecular complexity index is 387. The van der Waals surface area contributed by atoms with E-state index in [0.29, 0.717) is 17.6 Å². The summed E-state index contributed by atoms with van der Waals surface area (Å²) in [6, 6.07) is 2.62. The lowest BCUT2D eigenvalue weighted by molar-refractivity contribution is 0.549. The van der Waals surface area contributed by atoms with E-state index >= 15 is 0 Å². The van der Waals surface area contributed by atoms with Gasteiger partial charge in [-0.25, -0.2) is 4.98 Å². The van der Waals surface area contributed by atoms with Crippen molar-refractivity contribution < 1.29 is 0 Å². The molecular formula is C14H22ClN3. The highest BCUT2D eigenvalue weighted by atomic mass is 35.5. The highest BCUT2D eigenvalue weighted by Crippen LogP contribution is 2.26. The Morgan fingerprint density at radius 1 is 1.33 bits per heavy atom. The highest BCUT2D eigenvalue weighted by molar-refractivity contribution is 6.31. The molecule has 0 radical (unpaired) electrons. The van der Waals surface area contributed by atoms with Crippen LogP contribution in [0.5, 0.6) is 0 Å². The zero-order chi connectivity index (χ0) is 13.0. The summed E-state index contributed by atoms with van der Waals surface area (Å²) in [6.45, 7) is 0.465. The van der Waals surface area contributed by atoms with Crippen molar-refractivity contribution in [2.45, 2.75) is 51.1 Å². The molecule has 0 atom stereocenters. The average molecular weight is 268 g/mol. The molecule has 18 heavy (non-hydrogen) atoms. The van der Waals surface area contributed by atoms with Crippen LogP contribution in [-0.4, -0.2) is 18.1 Å². The predicted octanol–water partition coefficient (Wildman–Crippen LogP) is 3.35. The summed E-state index contributed by atoms with van der Waals surface area (Å²) in [5, 5.41) is 0.663. The minimum Gasteiger partial charge on any atom is -0.357 e. The molecular weight excluding hydrogens is 246 g/mol. The Labute approximate surface area is 114 Å². The van der Waals surface area contributed by atoms with Crippen LogP contribution in [0.15, 0.2) is 12.3 Å². The number of rotatable bonds is 3. The normalized spacial score (nSPS) is 17.5. The smallest absolute Gasteiger partial charge is 0.128 e. The first-order valence-corrected chi connectivity index (χ1v) is 7.17. The van der Waals surface area contributed by atoms with Gasteiger partial charge in [-0.3, -0.25) is 0 Å². The van der Waals surface area contributed by atoms with Crippen LogP contribution in [0.25, 0.3) is 0 Å². The second kappa shape index (κ2) is 6.39. The standard InChI is InChI=1S/C14H22ClN3/c1-18(12-6-4-2-3-5-7-12)14-8-11(9-16)13(15)10-17-14/h8,10,12H,2-7,9,16H2,1H3. The molecule has 3 nitrogen and oxygen atoms in total. The first-order chi connectivity index (χ1) is 8.72. The number of halogens is 1. The number of hydrogen-bond donors (Lipinski definition) is 1. The Morgan fingerprint density at radius 2 is 2.00 bits per heavy atom. The van der Waals surface area contributed by atoms with E-state index in [9.17, 15) is 0 Å². The van der Waals surface area contributed by atoms with Gasteiger partial charge in [-0.1, -0.05) is 37.3 Å². The molecule has 1 heterocycles. The number of anilines is 1. The van der Waals surface area contributed by atoms with E-state index in [-0.39, 0.29) is 0 Å². The van der Waals surface area contributed by atoms with E-state index in [1.165, 1.54) is 38.5 Å². The molecule has 0 amide bonds. The van der Waals surface area contributed by atoms with Crippen molar-refractivity contribution in [2.24, 2.45) is 5.73 Å². The van der Waals surface area contributed by atoms with Crippen molar-refractivity contribution in [1.29, 1.82) is 0 Å². The van der Waals surface area contributed by atoms with Crippen LogP contribution < -0.4 is 10.6 Å². The largest absolute Gasteiger partial charge is 0.357 e. The molecule has 1 aliphatic carbocycles. The third kappa shape index (κ3) is 3.15. The minimum atomic E-state index is 0.465. The number of hydrogen-bond acceptors (Lipinski definition) is 3. The van der Waals surface area contributed by atoms with E-state index in [1.54, 1.807) is 6.20 Å². The molecule has 0 aromatic carbocycles. The summed E-state index contributed by atoms with van der Waals surface area (Å²) >= 11 is 6.05. The fraction of sp³-hybridized carbons (Fsp3) is 0.643. The fourth-order valence-electron chi connectivity index (χ4n) is 2.65. The molecule has 100 valence electrons. The van der Waals surface area contributed by atoms with Crippen LogP contribution in [0.4, 0.5) is 5.82 Å². The molecule has 0 bridgehead atoms. The molecule has 1 aromatic heterocycles. The van der Waals surface area contributed by atoms with Crippen LogP contribution in [0.3, 0.4) is 0 Å². The van der Waals surface area contributed by atoms with Crippen LogP contribution in [0, 0.1) is 0 Å². The molecule has 1 fully saturated rings. The first kappa shape index (κ1) is 13.6. The molecule has 2 rings (SSSR count). The number of nitrogens with zero attached hydrogens (tertiary/aromatic N) is 2. The highest BCUT2D eigenvalue weighted by Gasteiger charge is 2.18. The van der Waals surface area contributed by atoms with Crippen molar-refractivity contribution in [3.63, 3.8) is 0 Å². The summed E-state index contributed by atoms with van der Waals surface area (Å²) in [4.78, 5) is 6.72. The molecule has 0 unspecified atom stereocenters. The molecule has 0 aliphatic heterocycles. The SMILES string of the molecule is CN(c1cc(CN)c(Cl)cn1)C1CCCCCC1. The van der Waals surface area contributed by atoms with E-state index in [4.69, 9.17) is 17.3 Å². The summed E-state index contributed by atoms with van der Waals surface area (Å²) < 4.78 is 0. The number of nitrogens with two attached hydrogens (primary N) is 1. The Kier molecular flexibility index (Phi) is 4.84. The van der Waals surface area contributed by atoms with Crippen LogP contribution >= 0.6 is 11.6 Å². The molecule has 0 saturated heterocycles. The summed E-state index contributed by atoms with van der Waals surface area (Å²) in [7, 11) is 2.13. The third-order valence-corrected chi connectivity index (χ3v) is 4.21. The van der Waals surface area contributed by atoms with Gasteiger partial charge < -0.3 is 10.6 Å². The first-order valence-electron chi connectivity index (χ1n) is 6.79. The van der Waals surface area contributed by atoms with Crippen molar-refractivity contribution in [2.75, 3.05) is 11.9 Å². The van der Waals surface area contributed by atoms with Crippen molar-refractivity contribution in [1.82, 2.24) is 4.98 Å². The number of pyridine rings is 1. The van der Waals surface area contributed by atoms with Gasteiger partial charge in [0.05, 0.1) is 5.02 Å². The lowest BCUT2D eigenvalue weighted by atomic mass is 10.1. The van der Waals surface area contributed by atoms with Gasteiger partial charge in [-0.2, -0.15) is 0 Å². The molecule has 2 N–H and O–H groups in total. The van der Waals surface area contributed by atoms with Gasteiger partial charge in [-0.15, -0.1) is 0 Å². The lowest BCUT2D eigenvalue weighted by Crippen LogP contribution is -2.31. The zero-order valence-corrected chi connectivity index (χ0v) is 11.8. The second-order valence-corrected chi connectivity index (χ2v) is 5.50. The monoisotopic (exact) mass is 267 g/mol. The van der Waals surface area contributed by atoms with Crippen LogP contribution in [0.2, 0.25) is 5.02 Å². The van der Waals surface area contributed by atoms with Gasteiger partial charge in [0.2, 0.25) is 0 Å². The quantitative estimate of drug-likeness (QED) is 0.854. The average Bonchev–Trinajstić information content (AvgIpc) is 2.67. The topological polar surface area (TPSA) is 42.1 Å². The number of aromatic nitrogens is 1. The van der Waals surface area contributed by atoms with Crippen molar-refractivity contribution >= 4 is 17.4 Å². The molecule has 1 aromatic rings. The zero-order valence-electron chi connectivity index (χ0n) is 11.0. The van der Waals surface area contributed by atoms with Gasteiger partial charge in [0, 0.05) is 25.8 Å².